The predicted octanol–water partition coefficient (Wildman–Crippen LogP) is 15.0. The number of anilines is 2. The van der Waals surface area contributed by atoms with Crippen molar-refractivity contribution < 1.29 is 0 Å². The Kier molecular flexibility index (Phi) is 7.75. The van der Waals surface area contributed by atoms with Crippen molar-refractivity contribution in [2.24, 2.45) is 5.92 Å². The van der Waals surface area contributed by atoms with Gasteiger partial charge in [-0.2, -0.15) is 0 Å². The van der Waals surface area contributed by atoms with E-state index in [0.29, 0.717) is 5.92 Å². The summed E-state index contributed by atoms with van der Waals surface area (Å²) in [7, 11) is 0. The lowest BCUT2D eigenvalue weighted by Crippen LogP contribution is -2.20. The second-order valence-electron chi connectivity index (χ2n) is 14.9. The van der Waals surface area contributed by atoms with E-state index in [4.69, 9.17) is 0 Å². The van der Waals surface area contributed by atoms with E-state index in [-0.39, 0.29) is 5.92 Å². The molecule has 0 N–H and O–H groups in total. The number of benzene rings is 8. The number of thiophene rings is 1. The molecular formula is C53H38N2S. The maximum Gasteiger partial charge on any atom is 0.0541 e. The summed E-state index contributed by atoms with van der Waals surface area (Å²) in [5.41, 5.74) is 10.9. The maximum atomic E-state index is 2.48. The molecule has 2 nitrogen and oxygen atoms in total. The third-order valence-electron chi connectivity index (χ3n) is 11.7. The average Bonchev–Trinajstić information content (AvgIpc) is 3.81. The van der Waals surface area contributed by atoms with Gasteiger partial charge in [-0.1, -0.05) is 159 Å². The van der Waals surface area contributed by atoms with Crippen LogP contribution >= 0.6 is 11.3 Å². The van der Waals surface area contributed by atoms with Crippen LogP contribution in [-0.4, -0.2) is 4.57 Å². The Morgan fingerprint density at radius 3 is 1.95 bits per heavy atom. The normalized spacial score (nSPS) is 15.6. The fraction of sp³-hybridized carbons (Fsp3) is 0.0566. The molecule has 0 radical (unpaired) electrons. The van der Waals surface area contributed by atoms with E-state index in [1.54, 1.807) is 0 Å². The molecule has 2 unspecified atom stereocenters. The summed E-state index contributed by atoms with van der Waals surface area (Å²) in [4.78, 5) is 2.45. The van der Waals surface area contributed by atoms with Crippen LogP contribution in [0.15, 0.2) is 206 Å². The highest BCUT2D eigenvalue weighted by molar-refractivity contribution is 7.26. The van der Waals surface area contributed by atoms with Gasteiger partial charge in [-0.25, -0.2) is 0 Å². The molecule has 1 aliphatic carbocycles. The summed E-state index contributed by atoms with van der Waals surface area (Å²) in [6, 6.07) is 66.5. The standard InChI is InChI=1S/C53H38N2S/c1-35-34-39(32-33-40(35)46-21-13-22-47-45-20-7-11-27-52(45)56-53(46)47)54(48-26-12-15-36-14-2-3-16-41(36)48)38-30-28-37(29-31-38)42-17-4-8-23-49(42)55-50-24-9-5-18-43(50)44-19-6-10-25-51(44)55/h2-35,40H,1H3. The lowest BCUT2D eigenvalue weighted by molar-refractivity contribution is 0.632. The summed E-state index contributed by atoms with van der Waals surface area (Å²) in [6.07, 6.45) is 7.27. The van der Waals surface area contributed by atoms with E-state index >= 15 is 0 Å². The number of hydrogen-bond donors (Lipinski definition) is 0. The van der Waals surface area contributed by atoms with Crippen LogP contribution in [0.25, 0.3) is 69.6 Å². The van der Waals surface area contributed by atoms with E-state index in [1.165, 1.54) is 86.5 Å². The van der Waals surface area contributed by atoms with E-state index in [9.17, 15) is 0 Å². The molecule has 10 aromatic rings. The monoisotopic (exact) mass is 734 g/mol. The Labute approximate surface area is 330 Å². The van der Waals surface area contributed by atoms with Crippen LogP contribution in [0.5, 0.6) is 0 Å². The number of nitrogens with zero attached hydrogens (tertiary/aromatic N) is 2. The highest BCUT2D eigenvalue weighted by Crippen LogP contribution is 2.45. The first kappa shape index (κ1) is 32.7. The van der Waals surface area contributed by atoms with Gasteiger partial charge < -0.3 is 9.47 Å². The summed E-state index contributed by atoms with van der Waals surface area (Å²) in [5, 5.41) is 7.70. The molecule has 0 fully saturated rings. The molecule has 8 aromatic carbocycles. The van der Waals surface area contributed by atoms with Crippen LogP contribution in [0.4, 0.5) is 11.4 Å². The molecule has 3 heteroatoms. The van der Waals surface area contributed by atoms with Gasteiger partial charge in [0.25, 0.3) is 0 Å². The minimum Gasteiger partial charge on any atom is -0.310 e. The van der Waals surface area contributed by atoms with Gasteiger partial charge in [-0.3, -0.25) is 0 Å². The van der Waals surface area contributed by atoms with Crippen molar-refractivity contribution in [3.05, 3.63) is 211 Å². The van der Waals surface area contributed by atoms with Crippen molar-refractivity contribution in [3.8, 4) is 16.8 Å². The van der Waals surface area contributed by atoms with E-state index in [1.807, 2.05) is 11.3 Å². The second-order valence-corrected chi connectivity index (χ2v) is 16.0. The SMILES string of the molecule is CC1C=C(N(c2ccc(-c3ccccc3-n3c4ccccc4c4ccccc43)cc2)c2cccc3ccccc23)C=CC1c1cccc2c1sc1ccccc12. The first-order chi connectivity index (χ1) is 27.7. The Morgan fingerprint density at radius 2 is 1.16 bits per heavy atom. The van der Waals surface area contributed by atoms with Crippen molar-refractivity contribution >= 4 is 75.5 Å². The zero-order chi connectivity index (χ0) is 37.2. The number of rotatable bonds is 6. The lowest BCUT2D eigenvalue weighted by atomic mass is 9.82. The van der Waals surface area contributed by atoms with Gasteiger partial charge in [-0.05, 0) is 71.0 Å². The van der Waals surface area contributed by atoms with Crippen molar-refractivity contribution in [2.75, 3.05) is 4.90 Å². The van der Waals surface area contributed by atoms with E-state index in [2.05, 4.69) is 217 Å². The minimum absolute atomic E-state index is 0.282. The van der Waals surface area contributed by atoms with Crippen LogP contribution in [0.2, 0.25) is 0 Å². The van der Waals surface area contributed by atoms with Crippen LogP contribution in [0.3, 0.4) is 0 Å². The van der Waals surface area contributed by atoms with Crippen molar-refractivity contribution in [3.63, 3.8) is 0 Å². The number of hydrogen-bond acceptors (Lipinski definition) is 2. The molecule has 2 aromatic heterocycles. The number of para-hydroxylation sites is 3. The zero-order valence-electron chi connectivity index (χ0n) is 31.0. The van der Waals surface area contributed by atoms with Crippen molar-refractivity contribution in [2.45, 2.75) is 12.8 Å². The fourth-order valence-corrected chi connectivity index (χ4v) is 10.4. The van der Waals surface area contributed by atoms with Gasteiger partial charge >= 0.3 is 0 Å². The highest BCUT2D eigenvalue weighted by atomic mass is 32.1. The Bertz CT molecular complexity index is 3120. The molecule has 0 spiro atoms. The highest BCUT2D eigenvalue weighted by Gasteiger charge is 2.26. The van der Waals surface area contributed by atoms with Crippen LogP contribution < -0.4 is 4.90 Å². The third kappa shape index (κ3) is 5.23. The van der Waals surface area contributed by atoms with Gasteiger partial charge in [0.05, 0.1) is 22.4 Å². The Morgan fingerprint density at radius 1 is 0.536 bits per heavy atom. The topological polar surface area (TPSA) is 8.17 Å². The fourth-order valence-electron chi connectivity index (χ4n) is 9.09. The molecule has 2 heterocycles. The summed E-state index contributed by atoms with van der Waals surface area (Å²) >= 11 is 1.92. The first-order valence-electron chi connectivity index (χ1n) is 19.5. The molecule has 0 saturated carbocycles. The lowest BCUT2D eigenvalue weighted by Gasteiger charge is -2.32. The molecule has 0 amide bonds. The molecule has 0 bridgehead atoms. The molecule has 0 saturated heterocycles. The largest absolute Gasteiger partial charge is 0.310 e. The summed E-state index contributed by atoms with van der Waals surface area (Å²) in [6.45, 7) is 2.37. The quantitative estimate of drug-likeness (QED) is 0.165. The van der Waals surface area contributed by atoms with Gasteiger partial charge in [-0.15, -0.1) is 11.3 Å². The van der Waals surface area contributed by atoms with Crippen LogP contribution in [-0.2, 0) is 0 Å². The molecule has 2 atom stereocenters. The Hall–Kier alpha value is -6.68. The van der Waals surface area contributed by atoms with Gasteiger partial charge in [0.15, 0.2) is 0 Å². The second kappa shape index (κ2) is 13.3. The molecule has 0 aliphatic heterocycles. The van der Waals surface area contributed by atoms with E-state index in [0.717, 1.165) is 5.69 Å². The maximum absolute atomic E-state index is 2.48. The number of fused-ring (bicyclic) bond motifs is 7. The van der Waals surface area contributed by atoms with Crippen molar-refractivity contribution in [1.82, 2.24) is 4.57 Å². The summed E-state index contributed by atoms with van der Waals surface area (Å²) < 4.78 is 5.17. The third-order valence-corrected chi connectivity index (χ3v) is 12.9. The van der Waals surface area contributed by atoms with Crippen molar-refractivity contribution in [1.29, 1.82) is 0 Å². The van der Waals surface area contributed by atoms with Gasteiger partial charge in [0, 0.05) is 59.2 Å². The molecule has 11 rings (SSSR count). The molecule has 1 aliphatic rings. The smallest absolute Gasteiger partial charge is 0.0541 e. The zero-order valence-corrected chi connectivity index (χ0v) is 31.8. The van der Waals surface area contributed by atoms with Gasteiger partial charge in [0.1, 0.15) is 0 Å². The molecule has 56 heavy (non-hydrogen) atoms. The molecule has 266 valence electrons. The molecular weight excluding hydrogens is 697 g/mol. The Balaban J connectivity index is 1.02. The number of aromatic nitrogens is 1. The average molecular weight is 735 g/mol. The number of allylic oxidation sites excluding steroid dienone is 3. The van der Waals surface area contributed by atoms with Crippen LogP contribution in [0.1, 0.15) is 18.4 Å². The van der Waals surface area contributed by atoms with Crippen LogP contribution in [0, 0.1) is 5.92 Å². The summed E-state index contributed by atoms with van der Waals surface area (Å²) in [5.74, 6) is 0.574. The minimum atomic E-state index is 0.282. The van der Waals surface area contributed by atoms with Gasteiger partial charge in [0.2, 0.25) is 0 Å². The first-order valence-corrected chi connectivity index (χ1v) is 20.3. The predicted molar refractivity (Wildman–Crippen MR) is 241 cm³/mol. The van der Waals surface area contributed by atoms with E-state index < -0.39 is 0 Å².